The Balaban J connectivity index is 1.95. The number of nitrogens with zero attached hydrogens (tertiary/aromatic N) is 4. The summed E-state index contributed by atoms with van der Waals surface area (Å²) in [6.07, 6.45) is 0. The summed E-state index contributed by atoms with van der Waals surface area (Å²) in [6, 6.07) is 13.4. The van der Waals surface area contributed by atoms with Crippen molar-refractivity contribution in [1.29, 1.82) is 0 Å². The molecule has 0 aliphatic carbocycles. The zero-order chi connectivity index (χ0) is 19.8. The number of hydrogen-bond acceptors (Lipinski definition) is 6. The van der Waals surface area contributed by atoms with Crippen molar-refractivity contribution in [3.63, 3.8) is 0 Å². The maximum Gasteiger partial charge on any atom is 0.266 e. The first-order chi connectivity index (χ1) is 13.5. The largest absolute Gasteiger partial charge is 0.338 e. The Labute approximate surface area is 166 Å². The first-order valence-electron chi connectivity index (χ1n) is 9.01. The van der Waals surface area contributed by atoms with E-state index in [4.69, 9.17) is 9.51 Å². The van der Waals surface area contributed by atoms with Crippen molar-refractivity contribution in [1.82, 2.24) is 19.7 Å². The maximum absolute atomic E-state index is 13.4. The molecule has 0 fully saturated rings. The molecule has 142 valence electrons. The lowest BCUT2D eigenvalue weighted by atomic mass is 10.1. The number of para-hydroxylation sites is 2. The van der Waals surface area contributed by atoms with E-state index in [0.29, 0.717) is 27.8 Å². The highest BCUT2D eigenvalue weighted by molar-refractivity contribution is 7.99. The standard InChI is InChI=1S/C21H20N4O2S/c1-12-8-7-9-13(2)18(12)25-20(26)16-10-5-6-11-17(16)23-21(25)28-14(3)19-22-15(4)24-27-19/h5-11,14H,1-4H3. The predicted molar refractivity (Wildman–Crippen MR) is 110 cm³/mol. The van der Waals surface area contributed by atoms with Gasteiger partial charge < -0.3 is 4.52 Å². The van der Waals surface area contributed by atoms with E-state index < -0.39 is 0 Å². The van der Waals surface area contributed by atoms with E-state index >= 15 is 0 Å². The van der Waals surface area contributed by atoms with Crippen LogP contribution in [0.4, 0.5) is 0 Å². The van der Waals surface area contributed by atoms with Gasteiger partial charge in [-0.1, -0.05) is 47.3 Å². The zero-order valence-corrected chi connectivity index (χ0v) is 16.9. The summed E-state index contributed by atoms with van der Waals surface area (Å²) in [7, 11) is 0. The van der Waals surface area contributed by atoms with Gasteiger partial charge in [-0.2, -0.15) is 4.98 Å². The van der Waals surface area contributed by atoms with Crippen LogP contribution in [0.3, 0.4) is 0 Å². The van der Waals surface area contributed by atoms with Crippen LogP contribution in [0.25, 0.3) is 16.6 Å². The normalized spacial score (nSPS) is 12.4. The lowest BCUT2D eigenvalue weighted by Gasteiger charge is -2.18. The Bertz CT molecular complexity index is 1210. The van der Waals surface area contributed by atoms with Crippen molar-refractivity contribution in [3.8, 4) is 5.69 Å². The van der Waals surface area contributed by atoms with Crippen molar-refractivity contribution < 1.29 is 4.52 Å². The van der Waals surface area contributed by atoms with Crippen LogP contribution in [0, 0.1) is 20.8 Å². The molecule has 0 radical (unpaired) electrons. The topological polar surface area (TPSA) is 73.8 Å². The number of aromatic nitrogens is 4. The van der Waals surface area contributed by atoms with Gasteiger partial charge in [0.2, 0.25) is 5.89 Å². The minimum absolute atomic E-state index is 0.0839. The van der Waals surface area contributed by atoms with Crippen LogP contribution in [0.1, 0.15) is 35.0 Å². The van der Waals surface area contributed by atoms with E-state index in [1.165, 1.54) is 11.8 Å². The smallest absolute Gasteiger partial charge is 0.266 e. The molecule has 0 saturated heterocycles. The molecule has 28 heavy (non-hydrogen) atoms. The highest BCUT2D eigenvalue weighted by Crippen LogP contribution is 2.35. The van der Waals surface area contributed by atoms with Gasteiger partial charge in [-0.05, 0) is 51.0 Å². The van der Waals surface area contributed by atoms with E-state index in [2.05, 4.69) is 10.1 Å². The zero-order valence-electron chi connectivity index (χ0n) is 16.1. The molecule has 7 heteroatoms. The van der Waals surface area contributed by atoms with E-state index in [1.54, 1.807) is 11.5 Å². The molecule has 0 amide bonds. The molecule has 6 nitrogen and oxygen atoms in total. The first-order valence-corrected chi connectivity index (χ1v) is 9.89. The molecule has 0 bridgehead atoms. The highest BCUT2D eigenvalue weighted by atomic mass is 32.2. The monoisotopic (exact) mass is 392 g/mol. The van der Waals surface area contributed by atoms with Crippen LogP contribution in [0.5, 0.6) is 0 Å². The van der Waals surface area contributed by atoms with Crippen LogP contribution in [-0.2, 0) is 0 Å². The quantitative estimate of drug-likeness (QED) is 0.375. The highest BCUT2D eigenvalue weighted by Gasteiger charge is 2.21. The summed E-state index contributed by atoms with van der Waals surface area (Å²) < 4.78 is 7.02. The van der Waals surface area contributed by atoms with Gasteiger partial charge in [0.05, 0.1) is 21.8 Å². The van der Waals surface area contributed by atoms with Crippen molar-refractivity contribution >= 4 is 22.7 Å². The Morgan fingerprint density at radius 1 is 1.00 bits per heavy atom. The van der Waals surface area contributed by atoms with Crippen LogP contribution < -0.4 is 5.56 Å². The molecule has 0 saturated carbocycles. The molecular weight excluding hydrogens is 372 g/mol. The van der Waals surface area contributed by atoms with Gasteiger partial charge in [-0.15, -0.1) is 0 Å². The third-order valence-electron chi connectivity index (χ3n) is 4.58. The molecule has 1 unspecified atom stereocenters. The second-order valence-electron chi connectivity index (χ2n) is 6.73. The van der Waals surface area contributed by atoms with E-state index in [0.717, 1.165) is 16.8 Å². The Morgan fingerprint density at radius 3 is 2.39 bits per heavy atom. The third kappa shape index (κ3) is 3.22. The molecule has 2 heterocycles. The lowest BCUT2D eigenvalue weighted by molar-refractivity contribution is 0.376. The second-order valence-corrected chi connectivity index (χ2v) is 8.04. The van der Waals surface area contributed by atoms with Crippen LogP contribution in [-0.4, -0.2) is 19.7 Å². The summed E-state index contributed by atoms with van der Waals surface area (Å²) >= 11 is 1.43. The van der Waals surface area contributed by atoms with E-state index in [9.17, 15) is 4.79 Å². The predicted octanol–water partition coefficient (Wildman–Crippen LogP) is 4.55. The average molecular weight is 392 g/mol. The number of thioether (sulfide) groups is 1. The van der Waals surface area contributed by atoms with Crippen LogP contribution >= 0.6 is 11.8 Å². The summed E-state index contributed by atoms with van der Waals surface area (Å²) in [5.74, 6) is 1.10. The molecule has 4 rings (SSSR count). The maximum atomic E-state index is 13.4. The van der Waals surface area contributed by atoms with Gasteiger partial charge in [0.15, 0.2) is 11.0 Å². The molecular formula is C21H20N4O2S. The van der Waals surface area contributed by atoms with Crippen molar-refractivity contribution in [2.75, 3.05) is 0 Å². The molecule has 0 aliphatic rings. The summed E-state index contributed by atoms with van der Waals surface area (Å²) in [4.78, 5) is 22.6. The Hall–Kier alpha value is -2.93. The van der Waals surface area contributed by atoms with Gasteiger partial charge in [-0.25, -0.2) is 4.98 Å². The lowest BCUT2D eigenvalue weighted by Crippen LogP contribution is -2.23. The van der Waals surface area contributed by atoms with Gasteiger partial charge in [0, 0.05) is 0 Å². The summed E-state index contributed by atoms with van der Waals surface area (Å²) in [6.45, 7) is 7.76. The van der Waals surface area contributed by atoms with Crippen molar-refractivity contribution in [3.05, 3.63) is 75.7 Å². The molecule has 4 aromatic rings. The third-order valence-corrected chi connectivity index (χ3v) is 5.62. The Kier molecular flexibility index (Phi) is 4.77. The second kappa shape index (κ2) is 7.24. The minimum Gasteiger partial charge on any atom is -0.338 e. The summed E-state index contributed by atoms with van der Waals surface area (Å²) in [5.41, 5.74) is 3.48. The van der Waals surface area contributed by atoms with Gasteiger partial charge >= 0.3 is 0 Å². The molecule has 2 aromatic carbocycles. The minimum atomic E-state index is -0.148. The van der Waals surface area contributed by atoms with Gasteiger partial charge in [0.25, 0.3) is 5.56 Å². The number of aryl methyl sites for hydroxylation is 3. The average Bonchev–Trinajstić information content (AvgIpc) is 3.10. The molecule has 0 spiro atoms. The first kappa shape index (κ1) is 18.4. The van der Waals surface area contributed by atoms with Crippen LogP contribution in [0.15, 0.2) is 56.9 Å². The van der Waals surface area contributed by atoms with E-state index in [-0.39, 0.29) is 10.8 Å². The SMILES string of the molecule is Cc1noc(C(C)Sc2nc3ccccc3c(=O)n2-c2c(C)cccc2C)n1. The number of benzene rings is 2. The number of rotatable bonds is 4. The van der Waals surface area contributed by atoms with Gasteiger partial charge in [0.1, 0.15) is 0 Å². The molecule has 0 aliphatic heterocycles. The molecule has 0 N–H and O–H groups in total. The fraction of sp³-hybridized carbons (Fsp3) is 0.238. The fourth-order valence-corrected chi connectivity index (χ4v) is 4.18. The molecule has 2 aromatic heterocycles. The molecule has 1 atom stereocenters. The van der Waals surface area contributed by atoms with Crippen molar-refractivity contribution in [2.45, 2.75) is 38.1 Å². The fourth-order valence-electron chi connectivity index (χ4n) is 3.23. The van der Waals surface area contributed by atoms with E-state index in [1.807, 2.05) is 63.2 Å². The van der Waals surface area contributed by atoms with Gasteiger partial charge in [-0.3, -0.25) is 9.36 Å². The Morgan fingerprint density at radius 2 is 1.71 bits per heavy atom. The van der Waals surface area contributed by atoms with Crippen LogP contribution in [0.2, 0.25) is 0 Å². The number of fused-ring (bicyclic) bond motifs is 1. The number of hydrogen-bond donors (Lipinski definition) is 0. The summed E-state index contributed by atoms with van der Waals surface area (Å²) in [5, 5.41) is 4.91. The van der Waals surface area contributed by atoms with Crippen molar-refractivity contribution in [2.24, 2.45) is 0 Å².